The SMILES string of the molecule is CN(C)CCNC(=O)C1=NCNC1(C(N)=O)c1ccc(NC(=O)c2ccc(S(C)(=O)=O)cc2Cl)cc1. The number of amides is 3. The molecule has 2 aromatic carbocycles. The fourth-order valence-corrected chi connectivity index (χ4v) is 4.63. The lowest BCUT2D eigenvalue weighted by Gasteiger charge is -2.28. The normalized spacial score (nSPS) is 17.5. The molecule has 1 aliphatic rings. The lowest BCUT2D eigenvalue weighted by molar-refractivity contribution is -0.123. The molecule has 3 amide bonds. The Hall–Kier alpha value is -3.32. The Bertz CT molecular complexity index is 1330. The Labute approximate surface area is 214 Å². The molecule has 3 rings (SSSR count). The zero-order chi connectivity index (χ0) is 26.7. The van der Waals surface area contributed by atoms with Crippen molar-refractivity contribution in [2.24, 2.45) is 10.7 Å². The minimum absolute atomic E-state index is 0.00237. The van der Waals surface area contributed by atoms with Gasteiger partial charge >= 0.3 is 0 Å². The van der Waals surface area contributed by atoms with Gasteiger partial charge in [0.2, 0.25) is 5.91 Å². The molecule has 0 bridgehead atoms. The second-order valence-electron chi connectivity index (χ2n) is 8.46. The zero-order valence-corrected chi connectivity index (χ0v) is 21.5. The minimum Gasteiger partial charge on any atom is -0.367 e. The highest BCUT2D eigenvalue weighted by Gasteiger charge is 2.49. The molecule has 192 valence electrons. The standard InChI is InChI=1S/C23H27ClN6O5S/c1-30(2)11-10-26-21(32)19-23(22(25)33,28-13-27-19)14-4-6-15(7-5-14)29-20(31)17-9-8-16(12-18(17)24)36(3,34)35/h4-9,12,28H,10-11,13H2,1-3H3,(H2,25,33)(H,26,32)(H,29,31). The van der Waals surface area contributed by atoms with E-state index in [0.717, 1.165) is 6.26 Å². The Kier molecular flexibility index (Phi) is 8.14. The van der Waals surface area contributed by atoms with Gasteiger partial charge in [-0.2, -0.15) is 0 Å². The van der Waals surface area contributed by atoms with E-state index in [-0.39, 0.29) is 27.9 Å². The van der Waals surface area contributed by atoms with Crippen molar-refractivity contribution in [2.45, 2.75) is 10.4 Å². The molecular formula is C23H27ClN6O5S. The number of benzene rings is 2. The highest BCUT2D eigenvalue weighted by atomic mass is 35.5. The quantitative estimate of drug-likeness (QED) is 0.360. The van der Waals surface area contributed by atoms with Crippen molar-refractivity contribution < 1.29 is 22.8 Å². The van der Waals surface area contributed by atoms with Crippen LogP contribution in [0.15, 0.2) is 52.4 Å². The van der Waals surface area contributed by atoms with Gasteiger partial charge in [0, 0.05) is 25.0 Å². The summed E-state index contributed by atoms with van der Waals surface area (Å²) in [6.45, 7) is 0.990. The summed E-state index contributed by atoms with van der Waals surface area (Å²) in [4.78, 5) is 44.1. The number of likely N-dealkylation sites (N-methyl/N-ethyl adjacent to an activating group) is 1. The Morgan fingerprint density at radius 2 is 1.81 bits per heavy atom. The van der Waals surface area contributed by atoms with Gasteiger partial charge in [-0.3, -0.25) is 24.7 Å². The first-order chi connectivity index (χ1) is 16.9. The minimum atomic E-state index is -3.47. The van der Waals surface area contributed by atoms with Crippen LogP contribution in [-0.2, 0) is 25.0 Å². The number of hydrogen-bond donors (Lipinski definition) is 4. The van der Waals surface area contributed by atoms with Gasteiger partial charge in [0.15, 0.2) is 15.4 Å². The monoisotopic (exact) mass is 534 g/mol. The molecule has 11 nitrogen and oxygen atoms in total. The lowest BCUT2D eigenvalue weighted by atomic mass is 9.84. The average Bonchev–Trinajstić information content (AvgIpc) is 3.25. The van der Waals surface area contributed by atoms with E-state index in [4.69, 9.17) is 17.3 Å². The summed E-state index contributed by atoms with van der Waals surface area (Å²) in [5.41, 5.74) is 4.90. The highest BCUT2D eigenvalue weighted by molar-refractivity contribution is 7.90. The Morgan fingerprint density at radius 3 is 2.36 bits per heavy atom. The predicted octanol–water partition coefficient (Wildman–Crippen LogP) is 0.356. The first-order valence-electron chi connectivity index (χ1n) is 10.8. The number of aliphatic imine (C=N–C) groups is 1. The van der Waals surface area contributed by atoms with Gasteiger partial charge in [-0.15, -0.1) is 0 Å². The van der Waals surface area contributed by atoms with E-state index < -0.39 is 33.1 Å². The zero-order valence-electron chi connectivity index (χ0n) is 20.0. The van der Waals surface area contributed by atoms with Crippen molar-refractivity contribution >= 4 is 50.6 Å². The number of rotatable bonds is 9. The van der Waals surface area contributed by atoms with Crippen LogP contribution < -0.4 is 21.7 Å². The fraction of sp³-hybridized carbons (Fsp3) is 0.304. The molecule has 1 atom stereocenters. The van der Waals surface area contributed by atoms with Crippen LogP contribution in [0.3, 0.4) is 0 Å². The number of halogens is 1. The molecule has 1 aliphatic heterocycles. The van der Waals surface area contributed by atoms with Crippen molar-refractivity contribution in [3.63, 3.8) is 0 Å². The summed E-state index contributed by atoms with van der Waals surface area (Å²) in [5.74, 6) is -1.86. The largest absolute Gasteiger partial charge is 0.367 e. The molecule has 0 saturated carbocycles. The van der Waals surface area contributed by atoms with E-state index in [1.165, 1.54) is 30.3 Å². The topological polar surface area (TPSA) is 163 Å². The molecule has 1 unspecified atom stereocenters. The second kappa shape index (κ2) is 10.7. The highest BCUT2D eigenvalue weighted by Crippen LogP contribution is 2.29. The summed E-state index contributed by atoms with van der Waals surface area (Å²) >= 11 is 6.12. The molecule has 2 aromatic rings. The van der Waals surface area contributed by atoms with Gasteiger partial charge in [0.1, 0.15) is 5.71 Å². The third kappa shape index (κ3) is 5.73. The first-order valence-corrected chi connectivity index (χ1v) is 13.1. The third-order valence-electron chi connectivity index (χ3n) is 5.55. The van der Waals surface area contributed by atoms with Gasteiger partial charge in [0.25, 0.3) is 11.8 Å². The van der Waals surface area contributed by atoms with Crippen molar-refractivity contribution in [3.8, 4) is 0 Å². The van der Waals surface area contributed by atoms with Crippen LogP contribution >= 0.6 is 11.6 Å². The molecule has 0 saturated heterocycles. The maximum Gasteiger partial charge on any atom is 0.268 e. The number of primary amides is 1. The second-order valence-corrected chi connectivity index (χ2v) is 10.9. The Balaban J connectivity index is 1.81. The van der Waals surface area contributed by atoms with Crippen LogP contribution in [0, 0.1) is 0 Å². The maximum atomic E-state index is 12.8. The molecule has 0 radical (unpaired) electrons. The molecule has 13 heteroatoms. The number of nitrogens with one attached hydrogen (secondary N) is 3. The molecule has 0 aliphatic carbocycles. The number of carbonyl (C=O) groups is 3. The van der Waals surface area contributed by atoms with Crippen molar-refractivity contribution in [1.82, 2.24) is 15.5 Å². The number of anilines is 1. The van der Waals surface area contributed by atoms with Crippen LogP contribution in [-0.4, -0.2) is 76.9 Å². The third-order valence-corrected chi connectivity index (χ3v) is 6.98. The Morgan fingerprint density at radius 1 is 1.14 bits per heavy atom. The van der Waals surface area contributed by atoms with Crippen LogP contribution in [0.4, 0.5) is 5.69 Å². The number of nitrogens with zero attached hydrogens (tertiary/aromatic N) is 2. The van der Waals surface area contributed by atoms with Crippen molar-refractivity contribution in [1.29, 1.82) is 0 Å². The summed E-state index contributed by atoms with van der Waals surface area (Å²) in [7, 11) is 0.264. The van der Waals surface area contributed by atoms with E-state index >= 15 is 0 Å². The summed E-state index contributed by atoms with van der Waals surface area (Å²) < 4.78 is 23.4. The lowest BCUT2D eigenvalue weighted by Crippen LogP contribution is -2.58. The molecule has 1 heterocycles. The van der Waals surface area contributed by atoms with E-state index in [9.17, 15) is 22.8 Å². The molecule has 36 heavy (non-hydrogen) atoms. The van der Waals surface area contributed by atoms with Gasteiger partial charge in [-0.1, -0.05) is 23.7 Å². The predicted molar refractivity (Wildman–Crippen MR) is 137 cm³/mol. The molecule has 5 N–H and O–H groups in total. The molecule has 0 aromatic heterocycles. The van der Waals surface area contributed by atoms with E-state index in [0.29, 0.717) is 24.3 Å². The van der Waals surface area contributed by atoms with Gasteiger partial charge in [-0.25, -0.2) is 8.42 Å². The van der Waals surface area contributed by atoms with E-state index in [1.54, 1.807) is 12.1 Å². The van der Waals surface area contributed by atoms with Gasteiger partial charge < -0.3 is 21.3 Å². The van der Waals surface area contributed by atoms with Crippen LogP contribution in [0.25, 0.3) is 0 Å². The van der Waals surface area contributed by atoms with E-state index in [1.807, 2.05) is 19.0 Å². The fourth-order valence-electron chi connectivity index (χ4n) is 3.66. The van der Waals surface area contributed by atoms with Crippen LogP contribution in [0.2, 0.25) is 5.02 Å². The smallest absolute Gasteiger partial charge is 0.268 e. The number of sulfone groups is 1. The van der Waals surface area contributed by atoms with E-state index in [2.05, 4.69) is 20.9 Å². The molecular weight excluding hydrogens is 508 g/mol. The number of nitrogens with two attached hydrogens (primary N) is 1. The van der Waals surface area contributed by atoms with Gasteiger partial charge in [0.05, 0.1) is 22.2 Å². The van der Waals surface area contributed by atoms with Crippen molar-refractivity contribution in [2.75, 3.05) is 45.4 Å². The van der Waals surface area contributed by atoms with Crippen LogP contribution in [0.5, 0.6) is 0 Å². The number of hydrogen-bond acceptors (Lipinski definition) is 8. The molecule has 0 spiro atoms. The number of carbonyl (C=O) groups excluding carboxylic acids is 3. The maximum absolute atomic E-state index is 12.8. The van der Waals surface area contributed by atoms with Crippen molar-refractivity contribution in [3.05, 3.63) is 58.6 Å². The first kappa shape index (κ1) is 27.3. The average molecular weight is 535 g/mol. The summed E-state index contributed by atoms with van der Waals surface area (Å²) in [5, 5.41) is 8.31. The van der Waals surface area contributed by atoms with Gasteiger partial charge in [-0.05, 0) is 50.0 Å². The summed E-state index contributed by atoms with van der Waals surface area (Å²) in [6, 6.07) is 10.0. The molecule has 0 fully saturated rings. The summed E-state index contributed by atoms with van der Waals surface area (Å²) in [6.07, 6.45) is 1.04. The van der Waals surface area contributed by atoms with Crippen LogP contribution in [0.1, 0.15) is 15.9 Å².